The van der Waals surface area contributed by atoms with Crippen molar-refractivity contribution >= 4 is 28.9 Å². The van der Waals surface area contributed by atoms with Gasteiger partial charge in [-0.15, -0.1) is 5.10 Å². The molecule has 3 N–H and O–H groups in total. The number of alkyl halides is 3. The number of halogens is 4. The number of aromatic nitrogens is 3. The summed E-state index contributed by atoms with van der Waals surface area (Å²) in [6.07, 6.45) is -5.93. The summed E-state index contributed by atoms with van der Waals surface area (Å²) < 4.78 is 48.1. The highest BCUT2D eigenvalue weighted by Crippen LogP contribution is 2.29. The topological polar surface area (TPSA) is 118 Å². The minimum absolute atomic E-state index is 0.0142. The molecule has 13 heteroatoms. The molecule has 1 aliphatic heterocycles. The Balaban J connectivity index is 1.47. The fourth-order valence-corrected chi connectivity index (χ4v) is 4.28. The molecule has 0 aromatic carbocycles. The number of carbonyl (C=O) groups is 1. The van der Waals surface area contributed by atoms with Crippen molar-refractivity contribution in [2.45, 2.75) is 68.7 Å². The second-order valence-corrected chi connectivity index (χ2v) is 8.31. The summed E-state index contributed by atoms with van der Waals surface area (Å²) in [6.45, 7) is -0.842. The fraction of sp³-hybridized carbons (Fsp3) is 0.632. The van der Waals surface area contributed by atoms with Gasteiger partial charge in [0.05, 0.1) is 6.10 Å². The lowest BCUT2D eigenvalue weighted by Crippen LogP contribution is -2.36. The van der Waals surface area contributed by atoms with Crippen LogP contribution in [0.4, 0.5) is 19.0 Å². The Hall–Kier alpha value is -2.15. The lowest BCUT2D eigenvalue weighted by molar-refractivity contribution is -0.203. The van der Waals surface area contributed by atoms with E-state index in [-0.39, 0.29) is 11.7 Å². The van der Waals surface area contributed by atoms with E-state index in [4.69, 9.17) is 16.3 Å². The van der Waals surface area contributed by atoms with Crippen molar-refractivity contribution in [3.05, 3.63) is 23.1 Å². The first kappa shape index (κ1) is 23.0. The summed E-state index contributed by atoms with van der Waals surface area (Å²) in [7, 11) is 0. The molecule has 32 heavy (non-hydrogen) atoms. The van der Waals surface area contributed by atoms with E-state index < -0.39 is 43.2 Å². The number of fused-ring (bicyclic) bond motifs is 1. The van der Waals surface area contributed by atoms with Gasteiger partial charge < -0.3 is 25.0 Å². The molecule has 0 unspecified atom stereocenters. The van der Waals surface area contributed by atoms with Crippen LogP contribution in [0.15, 0.2) is 12.1 Å². The molecule has 4 rings (SSSR count). The van der Waals surface area contributed by atoms with Crippen LogP contribution in [0, 0.1) is 0 Å². The smallest absolute Gasteiger partial charge is 0.456 e. The van der Waals surface area contributed by atoms with Gasteiger partial charge in [0, 0.05) is 18.2 Å². The van der Waals surface area contributed by atoms with Crippen molar-refractivity contribution in [1.82, 2.24) is 14.6 Å². The van der Waals surface area contributed by atoms with Crippen LogP contribution < -0.4 is 5.32 Å². The molecule has 0 spiro atoms. The summed E-state index contributed by atoms with van der Waals surface area (Å²) in [4.78, 5) is 15.2. The monoisotopic (exact) mass is 478 g/mol. The molecule has 4 atom stereocenters. The average Bonchev–Trinajstić information content (AvgIpc) is 3.43. The third kappa shape index (κ3) is 4.77. The number of carbonyl (C=O) groups excluding carboxylic acids is 1. The summed E-state index contributed by atoms with van der Waals surface area (Å²) in [5.74, 6) is -1.81. The number of rotatable bonds is 6. The highest BCUT2D eigenvalue weighted by Gasteiger charge is 2.46. The van der Waals surface area contributed by atoms with Gasteiger partial charge in [0.2, 0.25) is 5.28 Å². The Labute approximate surface area is 185 Å². The largest absolute Gasteiger partial charge is 0.490 e. The van der Waals surface area contributed by atoms with Gasteiger partial charge in [-0.3, -0.25) is 0 Å². The number of anilines is 1. The van der Waals surface area contributed by atoms with E-state index in [0.717, 1.165) is 25.7 Å². The number of esters is 1. The van der Waals surface area contributed by atoms with E-state index in [0.29, 0.717) is 23.1 Å². The first-order valence-electron chi connectivity index (χ1n) is 10.2. The predicted molar refractivity (Wildman–Crippen MR) is 105 cm³/mol. The first-order chi connectivity index (χ1) is 15.1. The van der Waals surface area contributed by atoms with Crippen molar-refractivity contribution in [3.63, 3.8) is 0 Å². The number of aliphatic hydroxyl groups excluding tert-OH is 2. The Bertz CT molecular complexity index is 982. The van der Waals surface area contributed by atoms with E-state index in [1.165, 1.54) is 0 Å². The van der Waals surface area contributed by atoms with Gasteiger partial charge in [-0.1, -0.05) is 12.8 Å². The number of nitrogens with zero attached hydrogens (tertiary/aromatic N) is 3. The van der Waals surface area contributed by atoms with Gasteiger partial charge in [-0.2, -0.15) is 18.2 Å². The number of ether oxygens (including phenoxy) is 2. The highest BCUT2D eigenvalue weighted by molar-refractivity contribution is 6.28. The van der Waals surface area contributed by atoms with Crippen LogP contribution in [0.25, 0.3) is 5.52 Å². The second kappa shape index (κ2) is 9.00. The molecule has 2 aliphatic rings. The van der Waals surface area contributed by atoms with Crippen LogP contribution in [0.1, 0.15) is 31.4 Å². The van der Waals surface area contributed by atoms with Crippen molar-refractivity contribution in [2.24, 2.45) is 0 Å². The Morgan fingerprint density at radius 2 is 1.94 bits per heavy atom. The first-order valence-corrected chi connectivity index (χ1v) is 10.6. The summed E-state index contributed by atoms with van der Waals surface area (Å²) in [5.41, 5.74) is 1.25. The Morgan fingerprint density at radius 3 is 2.62 bits per heavy atom. The van der Waals surface area contributed by atoms with Crippen LogP contribution in [-0.4, -0.2) is 74.0 Å². The third-order valence-electron chi connectivity index (χ3n) is 5.74. The molecule has 0 amide bonds. The molecule has 9 nitrogen and oxygen atoms in total. The molecule has 1 saturated heterocycles. The van der Waals surface area contributed by atoms with Gasteiger partial charge in [-0.05, 0) is 36.6 Å². The maximum atomic E-state index is 12.3. The van der Waals surface area contributed by atoms with Crippen LogP contribution >= 0.6 is 11.6 Å². The lowest BCUT2D eigenvalue weighted by atomic mass is 10.0. The zero-order chi connectivity index (χ0) is 23.0. The van der Waals surface area contributed by atoms with Gasteiger partial charge >= 0.3 is 12.1 Å². The zero-order valence-electron chi connectivity index (χ0n) is 16.8. The van der Waals surface area contributed by atoms with E-state index in [1.54, 1.807) is 16.6 Å². The molecule has 176 valence electrons. The molecule has 3 heterocycles. The van der Waals surface area contributed by atoms with E-state index >= 15 is 0 Å². The number of hydrogen-bond donors (Lipinski definition) is 3. The van der Waals surface area contributed by atoms with Crippen molar-refractivity contribution in [3.8, 4) is 0 Å². The normalized spacial score (nSPS) is 26.7. The number of hydrogen-bond acceptors (Lipinski definition) is 8. The minimum atomic E-state index is -5.16. The van der Waals surface area contributed by atoms with Gasteiger partial charge in [0.1, 0.15) is 30.4 Å². The van der Waals surface area contributed by atoms with Crippen LogP contribution in [0.2, 0.25) is 5.28 Å². The summed E-state index contributed by atoms with van der Waals surface area (Å²) >= 11 is 6.09. The average molecular weight is 479 g/mol. The molecule has 2 aromatic heterocycles. The molecular formula is C19H22ClF3N4O5. The van der Waals surface area contributed by atoms with E-state index in [9.17, 15) is 28.2 Å². The van der Waals surface area contributed by atoms with Crippen molar-refractivity contribution in [2.75, 3.05) is 11.9 Å². The van der Waals surface area contributed by atoms with E-state index in [2.05, 4.69) is 20.1 Å². The SMILES string of the molecule is O=C(OC[C@H]1O[C@H](Cc2ccc3c(NC4CCCC4)nc(Cl)nn23)[C@H](O)[C@@H]1O)C(F)(F)F. The van der Waals surface area contributed by atoms with Crippen molar-refractivity contribution < 1.29 is 37.7 Å². The Kier molecular flexibility index (Phi) is 6.48. The number of nitrogens with one attached hydrogen (secondary N) is 1. The lowest BCUT2D eigenvalue weighted by Gasteiger charge is -2.16. The molecule has 0 bridgehead atoms. The molecule has 2 fully saturated rings. The van der Waals surface area contributed by atoms with Crippen molar-refractivity contribution in [1.29, 1.82) is 0 Å². The summed E-state index contributed by atoms with van der Waals surface area (Å²) in [6, 6.07) is 3.81. The van der Waals surface area contributed by atoms with E-state index in [1.807, 2.05) is 0 Å². The fourth-order valence-electron chi connectivity index (χ4n) is 4.12. The molecule has 1 saturated carbocycles. The quantitative estimate of drug-likeness (QED) is 0.539. The molecular weight excluding hydrogens is 457 g/mol. The van der Waals surface area contributed by atoms with Gasteiger partial charge in [0.15, 0.2) is 5.82 Å². The highest BCUT2D eigenvalue weighted by atomic mass is 35.5. The van der Waals surface area contributed by atoms with Crippen LogP contribution in [0.3, 0.4) is 0 Å². The Morgan fingerprint density at radius 1 is 1.25 bits per heavy atom. The summed E-state index contributed by atoms with van der Waals surface area (Å²) in [5, 5.41) is 28.0. The van der Waals surface area contributed by atoms with Crippen LogP contribution in [0.5, 0.6) is 0 Å². The van der Waals surface area contributed by atoms with Gasteiger partial charge in [-0.25, -0.2) is 9.31 Å². The standard InChI is InChI=1S/C19H22ClF3N4O5/c20-18-25-16(24-9-3-1-2-4-9)11-6-5-10(27(11)26-18)7-12-14(28)15(29)13(32-12)8-31-17(30)19(21,22)23/h5-6,9,12-15,28-29H,1-4,7-8H2,(H,24,25,26)/t12-,13-,14+,15-/m1/s1. The maximum absolute atomic E-state index is 12.3. The number of aliphatic hydroxyl groups is 2. The predicted octanol–water partition coefficient (Wildman–Crippen LogP) is 1.87. The van der Waals surface area contributed by atoms with Gasteiger partial charge in [0.25, 0.3) is 0 Å². The third-order valence-corrected chi connectivity index (χ3v) is 5.90. The zero-order valence-corrected chi connectivity index (χ0v) is 17.5. The second-order valence-electron chi connectivity index (χ2n) is 7.97. The van der Waals surface area contributed by atoms with Crippen LogP contribution in [-0.2, 0) is 20.7 Å². The maximum Gasteiger partial charge on any atom is 0.490 e. The molecule has 0 radical (unpaired) electrons. The molecule has 1 aliphatic carbocycles. The molecule has 2 aromatic rings. The minimum Gasteiger partial charge on any atom is -0.456 e.